The third-order valence-corrected chi connectivity index (χ3v) is 2.63. The van der Waals surface area contributed by atoms with E-state index in [1.807, 2.05) is 19.9 Å². The number of aromatic nitrogens is 1. The molecule has 1 amide bonds. The Bertz CT molecular complexity index is 421. The molecule has 1 N–H and O–H groups in total. The standard InChI is InChI=1S/C11H12N2O/c1-4-7-5-6-12-9-8(7)11(2,3)10(14)13-9/h4-6H,1H2,2-3H3,(H,12,13,14). The number of hydrogen-bond donors (Lipinski definition) is 1. The Balaban J connectivity index is 2.72. The molecule has 3 nitrogen and oxygen atoms in total. The van der Waals surface area contributed by atoms with Gasteiger partial charge in [0.15, 0.2) is 0 Å². The van der Waals surface area contributed by atoms with Crippen LogP contribution in [0, 0.1) is 0 Å². The summed E-state index contributed by atoms with van der Waals surface area (Å²) in [4.78, 5) is 15.8. The van der Waals surface area contributed by atoms with Crippen molar-refractivity contribution in [1.29, 1.82) is 0 Å². The Hall–Kier alpha value is -1.64. The smallest absolute Gasteiger partial charge is 0.235 e. The fourth-order valence-corrected chi connectivity index (χ4v) is 1.78. The van der Waals surface area contributed by atoms with Crippen molar-refractivity contribution in [3.63, 3.8) is 0 Å². The summed E-state index contributed by atoms with van der Waals surface area (Å²) in [5.74, 6) is 0.659. The number of nitrogens with zero attached hydrogens (tertiary/aromatic N) is 1. The van der Waals surface area contributed by atoms with Gasteiger partial charge in [-0.25, -0.2) is 4.98 Å². The van der Waals surface area contributed by atoms with Crippen LogP contribution < -0.4 is 5.32 Å². The predicted molar refractivity (Wildman–Crippen MR) is 56.0 cm³/mol. The molecule has 0 fully saturated rings. The zero-order chi connectivity index (χ0) is 10.3. The van der Waals surface area contributed by atoms with Crippen molar-refractivity contribution in [3.05, 3.63) is 30.0 Å². The fraction of sp³-hybridized carbons (Fsp3) is 0.273. The van der Waals surface area contributed by atoms with Gasteiger partial charge in [0.05, 0.1) is 5.41 Å². The molecule has 0 saturated heterocycles. The van der Waals surface area contributed by atoms with E-state index in [1.54, 1.807) is 12.3 Å². The first kappa shape index (κ1) is 8.94. The lowest BCUT2D eigenvalue weighted by atomic mass is 9.84. The topological polar surface area (TPSA) is 42.0 Å². The Morgan fingerprint density at radius 1 is 1.57 bits per heavy atom. The van der Waals surface area contributed by atoms with Gasteiger partial charge in [0.25, 0.3) is 0 Å². The molecule has 14 heavy (non-hydrogen) atoms. The van der Waals surface area contributed by atoms with E-state index >= 15 is 0 Å². The molecule has 3 heteroatoms. The van der Waals surface area contributed by atoms with E-state index < -0.39 is 5.41 Å². The third-order valence-electron chi connectivity index (χ3n) is 2.63. The predicted octanol–water partition coefficient (Wildman–Crippen LogP) is 1.95. The average molecular weight is 188 g/mol. The molecule has 0 unspecified atom stereocenters. The van der Waals surface area contributed by atoms with Gasteiger partial charge in [-0.1, -0.05) is 12.7 Å². The number of pyridine rings is 1. The van der Waals surface area contributed by atoms with Gasteiger partial charge in [-0.15, -0.1) is 0 Å². The van der Waals surface area contributed by atoms with E-state index in [0.717, 1.165) is 11.1 Å². The lowest BCUT2D eigenvalue weighted by molar-refractivity contribution is -0.119. The summed E-state index contributed by atoms with van der Waals surface area (Å²) < 4.78 is 0. The molecule has 0 bridgehead atoms. The van der Waals surface area contributed by atoms with Crippen molar-refractivity contribution in [1.82, 2.24) is 4.98 Å². The van der Waals surface area contributed by atoms with Crippen molar-refractivity contribution >= 4 is 17.8 Å². The first-order valence-electron chi connectivity index (χ1n) is 4.50. The molecule has 0 saturated carbocycles. The summed E-state index contributed by atoms with van der Waals surface area (Å²) >= 11 is 0. The van der Waals surface area contributed by atoms with Crippen LogP contribution in [0.4, 0.5) is 5.82 Å². The summed E-state index contributed by atoms with van der Waals surface area (Å²) in [6, 6.07) is 1.87. The maximum Gasteiger partial charge on any atom is 0.235 e. The molecule has 0 aromatic carbocycles. The number of carbonyl (C=O) groups is 1. The SMILES string of the molecule is C=Cc1ccnc2c1C(C)(C)C(=O)N2. The molecule has 1 aliphatic heterocycles. The maximum absolute atomic E-state index is 11.6. The van der Waals surface area contributed by atoms with Crippen LogP contribution in [0.2, 0.25) is 0 Å². The van der Waals surface area contributed by atoms with Crippen LogP contribution in [-0.2, 0) is 10.2 Å². The first-order chi connectivity index (χ1) is 6.57. The van der Waals surface area contributed by atoms with Gasteiger partial charge < -0.3 is 5.32 Å². The van der Waals surface area contributed by atoms with E-state index in [1.165, 1.54) is 0 Å². The highest BCUT2D eigenvalue weighted by Gasteiger charge is 2.40. The Labute approximate surface area is 82.9 Å². The molecule has 0 spiro atoms. The average Bonchev–Trinajstić information content (AvgIpc) is 2.38. The van der Waals surface area contributed by atoms with Crippen molar-refractivity contribution in [2.24, 2.45) is 0 Å². The second-order valence-electron chi connectivity index (χ2n) is 3.91. The van der Waals surface area contributed by atoms with Crippen LogP contribution in [-0.4, -0.2) is 10.9 Å². The molecule has 2 heterocycles. The molecule has 1 aromatic rings. The summed E-state index contributed by atoms with van der Waals surface area (Å²) in [6.07, 6.45) is 3.43. The number of carbonyl (C=O) groups excluding carboxylic acids is 1. The van der Waals surface area contributed by atoms with Gasteiger partial charge in [-0.3, -0.25) is 4.79 Å². The molecule has 1 aliphatic rings. The molecular formula is C11H12N2O. The molecule has 72 valence electrons. The van der Waals surface area contributed by atoms with Crippen LogP contribution in [0.25, 0.3) is 6.08 Å². The van der Waals surface area contributed by atoms with E-state index in [-0.39, 0.29) is 5.91 Å². The highest BCUT2D eigenvalue weighted by atomic mass is 16.2. The van der Waals surface area contributed by atoms with Gasteiger partial charge in [-0.05, 0) is 25.5 Å². The minimum atomic E-state index is -0.507. The molecule has 1 aromatic heterocycles. The van der Waals surface area contributed by atoms with Crippen LogP contribution in [0.1, 0.15) is 25.0 Å². The van der Waals surface area contributed by atoms with E-state index in [0.29, 0.717) is 5.82 Å². The van der Waals surface area contributed by atoms with Crippen molar-refractivity contribution in [2.75, 3.05) is 5.32 Å². The molecule has 0 radical (unpaired) electrons. The second-order valence-corrected chi connectivity index (χ2v) is 3.91. The lowest BCUT2D eigenvalue weighted by Crippen LogP contribution is -2.27. The van der Waals surface area contributed by atoms with Gasteiger partial charge >= 0.3 is 0 Å². The summed E-state index contributed by atoms with van der Waals surface area (Å²) in [7, 11) is 0. The van der Waals surface area contributed by atoms with Crippen LogP contribution >= 0.6 is 0 Å². The number of hydrogen-bond acceptors (Lipinski definition) is 2. The van der Waals surface area contributed by atoms with E-state index in [9.17, 15) is 4.79 Å². The third kappa shape index (κ3) is 0.985. The Morgan fingerprint density at radius 2 is 2.29 bits per heavy atom. The van der Waals surface area contributed by atoms with E-state index in [4.69, 9.17) is 0 Å². The highest BCUT2D eigenvalue weighted by molar-refractivity contribution is 6.05. The van der Waals surface area contributed by atoms with Gasteiger partial charge in [0.1, 0.15) is 5.82 Å². The van der Waals surface area contributed by atoms with Crippen molar-refractivity contribution in [3.8, 4) is 0 Å². The van der Waals surface area contributed by atoms with Crippen LogP contribution in [0.5, 0.6) is 0 Å². The molecule has 2 rings (SSSR count). The van der Waals surface area contributed by atoms with Crippen molar-refractivity contribution in [2.45, 2.75) is 19.3 Å². The number of anilines is 1. The number of nitrogens with one attached hydrogen (secondary N) is 1. The normalized spacial score (nSPS) is 17.4. The fourth-order valence-electron chi connectivity index (χ4n) is 1.78. The van der Waals surface area contributed by atoms with Crippen LogP contribution in [0.3, 0.4) is 0 Å². The molecular weight excluding hydrogens is 176 g/mol. The zero-order valence-electron chi connectivity index (χ0n) is 8.29. The quantitative estimate of drug-likeness (QED) is 0.732. The lowest BCUT2D eigenvalue weighted by Gasteiger charge is -2.16. The van der Waals surface area contributed by atoms with Gasteiger partial charge in [0.2, 0.25) is 5.91 Å². The number of rotatable bonds is 1. The summed E-state index contributed by atoms with van der Waals surface area (Å²) in [6.45, 7) is 7.52. The zero-order valence-corrected chi connectivity index (χ0v) is 8.29. The molecule has 0 aliphatic carbocycles. The van der Waals surface area contributed by atoms with Crippen LogP contribution in [0.15, 0.2) is 18.8 Å². The van der Waals surface area contributed by atoms with Crippen molar-refractivity contribution < 1.29 is 4.79 Å². The first-order valence-corrected chi connectivity index (χ1v) is 4.50. The summed E-state index contributed by atoms with van der Waals surface area (Å²) in [5.41, 5.74) is 1.41. The van der Waals surface area contributed by atoms with Gasteiger partial charge in [-0.2, -0.15) is 0 Å². The molecule has 0 atom stereocenters. The Morgan fingerprint density at radius 3 is 2.93 bits per heavy atom. The number of amides is 1. The highest BCUT2D eigenvalue weighted by Crippen LogP contribution is 2.38. The minimum Gasteiger partial charge on any atom is -0.310 e. The van der Waals surface area contributed by atoms with Gasteiger partial charge in [0, 0.05) is 11.8 Å². The van der Waals surface area contributed by atoms with E-state index in [2.05, 4.69) is 16.9 Å². The largest absolute Gasteiger partial charge is 0.310 e. The second kappa shape index (κ2) is 2.67. The minimum absolute atomic E-state index is 0.00528. The number of fused-ring (bicyclic) bond motifs is 1. The maximum atomic E-state index is 11.6. The monoisotopic (exact) mass is 188 g/mol. The summed E-state index contributed by atoms with van der Waals surface area (Å²) in [5, 5.41) is 2.76. The Kier molecular flexibility index (Phi) is 1.71.